The molecule has 142 valence electrons. The third-order valence-electron chi connectivity index (χ3n) is 4.84. The first kappa shape index (κ1) is 19.9. The molecule has 2 aromatic rings. The summed E-state index contributed by atoms with van der Waals surface area (Å²) < 4.78 is 13.1. The zero-order valence-electron chi connectivity index (χ0n) is 16.6. The van der Waals surface area contributed by atoms with Crippen LogP contribution in [-0.4, -0.2) is 24.7 Å². The first-order valence-electron chi connectivity index (χ1n) is 9.04. The highest BCUT2D eigenvalue weighted by molar-refractivity contribution is 5.96. The van der Waals surface area contributed by atoms with Crippen molar-refractivity contribution in [2.24, 2.45) is 11.7 Å². The Labute approximate surface area is 156 Å². The number of methoxy groups -OCH3 is 2. The van der Waals surface area contributed by atoms with Crippen LogP contribution in [0.5, 0.6) is 11.5 Å². The number of rotatable bonds is 8. The fourth-order valence-electron chi connectivity index (χ4n) is 3.36. The Bertz CT molecular complexity index is 778. The summed E-state index contributed by atoms with van der Waals surface area (Å²) >= 11 is 0. The highest BCUT2D eigenvalue weighted by atomic mass is 16.5. The molecule has 1 aromatic heterocycles. The highest BCUT2D eigenvalue weighted by Gasteiger charge is 2.22. The molecule has 1 atom stereocenters. The summed E-state index contributed by atoms with van der Waals surface area (Å²) in [6.45, 7) is 8.57. The van der Waals surface area contributed by atoms with Crippen LogP contribution in [0.1, 0.15) is 55.7 Å². The summed E-state index contributed by atoms with van der Waals surface area (Å²) in [6, 6.07) is 7.82. The van der Waals surface area contributed by atoms with Gasteiger partial charge in [0.15, 0.2) is 0 Å². The van der Waals surface area contributed by atoms with Crippen molar-refractivity contribution in [3.8, 4) is 22.8 Å². The van der Waals surface area contributed by atoms with Gasteiger partial charge in [-0.05, 0) is 50.8 Å². The Hall–Kier alpha value is -2.43. The normalized spacial score (nSPS) is 12.3. The minimum absolute atomic E-state index is 0.243. The molecule has 2 rings (SSSR count). The number of nitrogens with zero attached hydrogens (tertiary/aromatic N) is 1. The number of ether oxygens (including phenoxy) is 2. The molecule has 0 saturated carbocycles. The number of aromatic nitrogens is 1. The Balaban J connectivity index is 2.60. The van der Waals surface area contributed by atoms with E-state index in [4.69, 9.17) is 15.2 Å². The SMILES string of the molecule is COc1ccc(-c2cc(C(N)=O)c(C)n2C(C)CCC(C)C)c(OC)c1. The second-order valence-corrected chi connectivity index (χ2v) is 7.15. The van der Waals surface area contributed by atoms with Crippen LogP contribution < -0.4 is 15.2 Å². The van der Waals surface area contributed by atoms with Crippen molar-refractivity contribution >= 4 is 5.91 Å². The lowest BCUT2D eigenvalue weighted by Gasteiger charge is -2.22. The lowest BCUT2D eigenvalue weighted by molar-refractivity contribution is 0.0999. The summed E-state index contributed by atoms with van der Waals surface area (Å²) in [5.74, 6) is 1.65. The third-order valence-corrected chi connectivity index (χ3v) is 4.84. The molecule has 0 spiro atoms. The molecule has 0 saturated heterocycles. The molecule has 2 N–H and O–H groups in total. The molecule has 5 nitrogen and oxygen atoms in total. The zero-order chi connectivity index (χ0) is 19.4. The van der Waals surface area contributed by atoms with E-state index in [-0.39, 0.29) is 6.04 Å². The molecule has 0 aliphatic carbocycles. The van der Waals surface area contributed by atoms with E-state index in [1.807, 2.05) is 31.2 Å². The molecule has 0 aliphatic heterocycles. The number of benzene rings is 1. The van der Waals surface area contributed by atoms with Gasteiger partial charge >= 0.3 is 0 Å². The number of hydrogen-bond donors (Lipinski definition) is 1. The fraction of sp³-hybridized carbons (Fsp3) is 0.476. The molecular formula is C21H30N2O3. The largest absolute Gasteiger partial charge is 0.497 e. The van der Waals surface area contributed by atoms with Gasteiger partial charge in [-0.2, -0.15) is 0 Å². The molecular weight excluding hydrogens is 328 g/mol. The summed E-state index contributed by atoms with van der Waals surface area (Å²) in [4.78, 5) is 11.9. The quantitative estimate of drug-likeness (QED) is 0.751. The van der Waals surface area contributed by atoms with Crippen LogP contribution >= 0.6 is 0 Å². The van der Waals surface area contributed by atoms with Crippen LogP contribution in [0.2, 0.25) is 0 Å². The van der Waals surface area contributed by atoms with Crippen molar-refractivity contribution in [1.82, 2.24) is 4.57 Å². The van der Waals surface area contributed by atoms with E-state index >= 15 is 0 Å². The topological polar surface area (TPSA) is 66.5 Å². The van der Waals surface area contributed by atoms with Crippen LogP contribution in [0, 0.1) is 12.8 Å². The monoisotopic (exact) mass is 358 g/mol. The number of primary amides is 1. The van der Waals surface area contributed by atoms with Gasteiger partial charge in [0.2, 0.25) is 0 Å². The van der Waals surface area contributed by atoms with Crippen molar-refractivity contribution in [1.29, 1.82) is 0 Å². The van der Waals surface area contributed by atoms with Crippen LogP contribution in [0.25, 0.3) is 11.3 Å². The van der Waals surface area contributed by atoms with E-state index in [9.17, 15) is 4.79 Å². The number of carbonyl (C=O) groups excluding carboxylic acids is 1. The molecule has 1 aromatic carbocycles. The van der Waals surface area contributed by atoms with Crippen molar-refractivity contribution in [3.63, 3.8) is 0 Å². The number of carbonyl (C=O) groups is 1. The summed E-state index contributed by atoms with van der Waals surface area (Å²) in [5.41, 5.74) is 8.90. The third kappa shape index (κ3) is 4.03. The summed E-state index contributed by atoms with van der Waals surface area (Å²) in [7, 11) is 3.26. The summed E-state index contributed by atoms with van der Waals surface area (Å²) in [6.07, 6.45) is 2.14. The fourth-order valence-corrected chi connectivity index (χ4v) is 3.36. The van der Waals surface area contributed by atoms with Gasteiger partial charge in [-0.3, -0.25) is 4.79 Å². The van der Waals surface area contributed by atoms with Gasteiger partial charge in [0.1, 0.15) is 11.5 Å². The molecule has 0 fully saturated rings. The van der Waals surface area contributed by atoms with Crippen LogP contribution in [-0.2, 0) is 0 Å². The predicted molar refractivity (Wildman–Crippen MR) is 105 cm³/mol. The Morgan fingerprint density at radius 1 is 1.12 bits per heavy atom. The van der Waals surface area contributed by atoms with E-state index in [0.717, 1.165) is 35.5 Å². The van der Waals surface area contributed by atoms with Crippen molar-refractivity contribution in [2.45, 2.75) is 46.6 Å². The van der Waals surface area contributed by atoms with Crippen LogP contribution in [0.3, 0.4) is 0 Å². The molecule has 5 heteroatoms. The number of nitrogens with two attached hydrogens (primary N) is 1. The molecule has 0 aliphatic rings. The smallest absolute Gasteiger partial charge is 0.250 e. The second-order valence-electron chi connectivity index (χ2n) is 7.15. The molecule has 1 unspecified atom stereocenters. The van der Waals surface area contributed by atoms with Gasteiger partial charge in [-0.25, -0.2) is 0 Å². The van der Waals surface area contributed by atoms with E-state index in [0.29, 0.717) is 17.2 Å². The maximum atomic E-state index is 11.9. The summed E-state index contributed by atoms with van der Waals surface area (Å²) in [5, 5.41) is 0. The average molecular weight is 358 g/mol. The minimum atomic E-state index is -0.411. The Morgan fingerprint density at radius 3 is 2.35 bits per heavy atom. The standard InChI is InChI=1S/C21H30N2O3/c1-13(2)7-8-14(3)23-15(4)18(21(22)24)12-19(23)17-10-9-16(25-5)11-20(17)26-6/h9-14H,7-8H2,1-6H3,(H2,22,24). The first-order valence-corrected chi connectivity index (χ1v) is 9.04. The van der Waals surface area contributed by atoms with Crippen molar-refractivity contribution in [3.05, 3.63) is 35.5 Å². The van der Waals surface area contributed by atoms with Gasteiger partial charge in [-0.1, -0.05) is 13.8 Å². The Kier molecular flexibility index (Phi) is 6.35. The van der Waals surface area contributed by atoms with Gasteiger partial charge in [0.05, 0.1) is 25.5 Å². The van der Waals surface area contributed by atoms with Gasteiger partial charge < -0.3 is 19.8 Å². The zero-order valence-corrected chi connectivity index (χ0v) is 16.6. The predicted octanol–water partition coefficient (Wildman–Crippen LogP) is 4.58. The number of amides is 1. The van der Waals surface area contributed by atoms with Crippen LogP contribution in [0.4, 0.5) is 0 Å². The van der Waals surface area contributed by atoms with Crippen molar-refractivity contribution < 1.29 is 14.3 Å². The average Bonchev–Trinajstić information content (AvgIpc) is 2.96. The number of hydrogen-bond acceptors (Lipinski definition) is 3. The minimum Gasteiger partial charge on any atom is -0.497 e. The molecule has 0 bridgehead atoms. The highest BCUT2D eigenvalue weighted by Crippen LogP contribution is 2.38. The van der Waals surface area contributed by atoms with Gasteiger partial charge in [0, 0.05) is 23.4 Å². The van der Waals surface area contributed by atoms with E-state index in [1.165, 1.54) is 0 Å². The molecule has 26 heavy (non-hydrogen) atoms. The van der Waals surface area contributed by atoms with Crippen molar-refractivity contribution in [2.75, 3.05) is 14.2 Å². The van der Waals surface area contributed by atoms with E-state index in [1.54, 1.807) is 14.2 Å². The molecule has 1 heterocycles. The molecule has 1 amide bonds. The Morgan fingerprint density at radius 2 is 1.81 bits per heavy atom. The second kappa shape index (κ2) is 8.30. The maximum absolute atomic E-state index is 11.9. The van der Waals surface area contributed by atoms with E-state index < -0.39 is 5.91 Å². The lowest BCUT2D eigenvalue weighted by atomic mass is 10.0. The van der Waals surface area contributed by atoms with Crippen LogP contribution in [0.15, 0.2) is 24.3 Å². The first-order chi connectivity index (χ1) is 12.3. The van der Waals surface area contributed by atoms with Gasteiger partial charge in [0.25, 0.3) is 5.91 Å². The molecule has 0 radical (unpaired) electrons. The van der Waals surface area contributed by atoms with Gasteiger partial charge in [-0.15, -0.1) is 0 Å². The lowest BCUT2D eigenvalue weighted by Crippen LogP contribution is -2.14. The van der Waals surface area contributed by atoms with E-state index in [2.05, 4.69) is 25.3 Å². The maximum Gasteiger partial charge on any atom is 0.250 e.